The molecular weight excluding hydrogens is 188 g/mol. The van der Waals surface area contributed by atoms with Crippen molar-refractivity contribution in [2.75, 3.05) is 13.1 Å². The third-order valence-corrected chi connectivity index (χ3v) is 3.26. The predicted molar refractivity (Wildman–Crippen MR) is 62.4 cm³/mol. The number of rotatable bonds is 2. The van der Waals surface area contributed by atoms with Crippen molar-refractivity contribution >= 4 is 5.91 Å². The van der Waals surface area contributed by atoms with Gasteiger partial charge in [-0.05, 0) is 39.5 Å². The van der Waals surface area contributed by atoms with Crippen molar-refractivity contribution in [1.29, 1.82) is 0 Å². The lowest BCUT2D eigenvalue weighted by molar-refractivity contribution is -0.128. The van der Waals surface area contributed by atoms with Gasteiger partial charge in [-0.1, -0.05) is 6.08 Å². The van der Waals surface area contributed by atoms with Crippen molar-refractivity contribution in [1.82, 2.24) is 4.90 Å². The Balaban J connectivity index is 2.60. The molecule has 1 aliphatic heterocycles. The van der Waals surface area contributed by atoms with E-state index in [1.165, 1.54) is 0 Å². The second-order valence-corrected chi connectivity index (χ2v) is 4.48. The summed E-state index contributed by atoms with van der Waals surface area (Å²) >= 11 is 0. The lowest BCUT2D eigenvalue weighted by Crippen LogP contribution is -2.45. The normalized spacial score (nSPS) is 25.2. The average Bonchev–Trinajstić information content (AvgIpc) is 2.27. The number of amides is 1. The van der Waals surface area contributed by atoms with E-state index in [9.17, 15) is 4.79 Å². The zero-order valence-corrected chi connectivity index (χ0v) is 9.99. The molecule has 2 atom stereocenters. The molecule has 0 radical (unpaired) electrons. The minimum absolute atomic E-state index is 0.169. The van der Waals surface area contributed by atoms with Crippen LogP contribution in [0.25, 0.3) is 0 Å². The second kappa shape index (κ2) is 5.31. The van der Waals surface area contributed by atoms with E-state index in [4.69, 9.17) is 5.73 Å². The summed E-state index contributed by atoms with van der Waals surface area (Å²) in [5.41, 5.74) is 6.72. The molecule has 0 aromatic rings. The summed E-state index contributed by atoms with van der Waals surface area (Å²) in [6.45, 7) is 7.51. The van der Waals surface area contributed by atoms with Gasteiger partial charge in [0.2, 0.25) is 5.91 Å². The molecule has 0 aliphatic carbocycles. The molecule has 1 fully saturated rings. The Hall–Kier alpha value is -0.830. The molecule has 15 heavy (non-hydrogen) atoms. The molecule has 0 aromatic heterocycles. The fourth-order valence-corrected chi connectivity index (χ4v) is 2.00. The highest BCUT2D eigenvalue weighted by molar-refractivity contribution is 5.92. The van der Waals surface area contributed by atoms with Gasteiger partial charge in [-0.3, -0.25) is 4.79 Å². The van der Waals surface area contributed by atoms with E-state index in [1.54, 1.807) is 0 Å². The molecule has 0 saturated carbocycles. The number of likely N-dealkylation sites (tertiary alicyclic amines) is 1. The van der Waals surface area contributed by atoms with E-state index < -0.39 is 0 Å². The zero-order chi connectivity index (χ0) is 11.4. The number of hydrogen-bond donors (Lipinski definition) is 1. The first kappa shape index (κ1) is 12.2. The maximum atomic E-state index is 11.9. The van der Waals surface area contributed by atoms with Crippen LogP contribution in [0.2, 0.25) is 0 Å². The van der Waals surface area contributed by atoms with Crippen LogP contribution in [0.3, 0.4) is 0 Å². The van der Waals surface area contributed by atoms with Crippen molar-refractivity contribution in [3.8, 4) is 0 Å². The van der Waals surface area contributed by atoms with Gasteiger partial charge >= 0.3 is 0 Å². The highest BCUT2D eigenvalue weighted by Gasteiger charge is 2.25. The third kappa shape index (κ3) is 3.06. The summed E-state index contributed by atoms with van der Waals surface area (Å²) in [5.74, 6) is 0.634. The van der Waals surface area contributed by atoms with Crippen LogP contribution < -0.4 is 5.73 Å². The molecule has 1 heterocycles. The molecule has 3 nitrogen and oxygen atoms in total. The van der Waals surface area contributed by atoms with Gasteiger partial charge in [-0.25, -0.2) is 0 Å². The van der Waals surface area contributed by atoms with E-state index in [1.807, 2.05) is 31.7 Å². The van der Waals surface area contributed by atoms with E-state index in [2.05, 4.69) is 0 Å². The van der Waals surface area contributed by atoms with Crippen molar-refractivity contribution in [3.05, 3.63) is 11.6 Å². The lowest BCUT2D eigenvalue weighted by atomic mass is 9.92. The van der Waals surface area contributed by atoms with Crippen molar-refractivity contribution in [3.63, 3.8) is 0 Å². The Labute approximate surface area is 92.3 Å². The summed E-state index contributed by atoms with van der Waals surface area (Å²) in [6, 6.07) is 0.187. The minimum Gasteiger partial charge on any atom is -0.339 e. The monoisotopic (exact) mass is 210 g/mol. The van der Waals surface area contributed by atoms with Gasteiger partial charge in [0, 0.05) is 24.7 Å². The molecule has 1 rings (SSSR count). The van der Waals surface area contributed by atoms with E-state index in [-0.39, 0.29) is 11.9 Å². The summed E-state index contributed by atoms with van der Waals surface area (Å²) < 4.78 is 0. The van der Waals surface area contributed by atoms with Crippen LogP contribution in [0, 0.1) is 5.92 Å². The van der Waals surface area contributed by atoms with Crippen molar-refractivity contribution < 1.29 is 4.79 Å². The maximum absolute atomic E-state index is 11.9. The highest BCUT2D eigenvalue weighted by atomic mass is 16.2. The van der Waals surface area contributed by atoms with Crippen LogP contribution >= 0.6 is 0 Å². The van der Waals surface area contributed by atoms with Crippen LogP contribution in [0.4, 0.5) is 0 Å². The standard InChI is InChI=1S/C12H22N2O/c1-4-9(2)12(15)14-7-5-6-11(8-14)10(3)13/h4,10-11H,5-8,13H2,1-3H3/b9-4+/t10-,11-/m0/s1. The molecular formula is C12H22N2O. The van der Waals surface area contributed by atoms with Gasteiger partial charge in [-0.15, -0.1) is 0 Å². The second-order valence-electron chi connectivity index (χ2n) is 4.48. The number of hydrogen-bond acceptors (Lipinski definition) is 2. The van der Waals surface area contributed by atoms with E-state index in [0.717, 1.165) is 31.5 Å². The van der Waals surface area contributed by atoms with Gasteiger partial charge < -0.3 is 10.6 Å². The SMILES string of the molecule is C/C=C(\C)C(=O)N1CCC[C@H]([C@H](C)N)C1. The minimum atomic E-state index is 0.169. The molecule has 1 amide bonds. The Kier molecular flexibility index (Phi) is 4.33. The van der Waals surface area contributed by atoms with Gasteiger partial charge in [-0.2, -0.15) is 0 Å². The van der Waals surface area contributed by atoms with Crippen LogP contribution in [0.1, 0.15) is 33.6 Å². The fourth-order valence-electron chi connectivity index (χ4n) is 2.00. The Morgan fingerprint density at radius 3 is 2.80 bits per heavy atom. The number of nitrogens with zero attached hydrogens (tertiary/aromatic N) is 1. The van der Waals surface area contributed by atoms with Crippen molar-refractivity contribution in [2.24, 2.45) is 11.7 Å². The molecule has 0 spiro atoms. The maximum Gasteiger partial charge on any atom is 0.249 e. The third-order valence-electron chi connectivity index (χ3n) is 3.26. The lowest BCUT2D eigenvalue weighted by Gasteiger charge is -2.34. The Bertz CT molecular complexity index is 258. The van der Waals surface area contributed by atoms with E-state index >= 15 is 0 Å². The first-order valence-electron chi connectivity index (χ1n) is 5.74. The number of carbonyl (C=O) groups is 1. The molecule has 3 heteroatoms. The van der Waals surface area contributed by atoms with Crippen LogP contribution in [-0.2, 0) is 4.79 Å². The number of nitrogens with two attached hydrogens (primary N) is 1. The van der Waals surface area contributed by atoms with Gasteiger partial charge in [0.25, 0.3) is 0 Å². The van der Waals surface area contributed by atoms with Gasteiger partial charge in [0.05, 0.1) is 0 Å². The number of piperidine rings is 1. The topological polar surface area (TPSA) is 46.3 Å². The summed E-state index contributed by atoms with van der Waals surface area (Å²) in [7, 11) is 0. The molecule has 86 valence electrons. The summed E-state index contributed by atoms with van der Waals surface area (Å²) in [5, 5.41) is 0. The predicted octanol–water partition coefficient (Wildman–Crippen LogP) is 1.54. The van der Waals surface area contributed by atoms with Crippen LogP contribution in [-0.4, -0.2) is 29.9 Å². The zero-order valence-electron chi connectivity index (χ0n) is 9.99. The first-order valence-corrected chi connectivity index (χ1v) is 5.74. The van der Waals surface area contributed by atoms with Gasteiger partial charge in [0.15, 0.2) is 0 Å². The molecule has 0 unspecified atom stereocenters. The summed E-state index contributed by atoms with van der Waals surface area (Å²) in [4.78, 5) is 13.9. The first-order chi connectivity index (χ1) is 7.06. The molecule has 0 bridgehead atoms. The average molecular weight is 210 g/mol. The fraction of sp³-hybridized carbons (Fsp3) is 0.750. The highest BCUT2D eigenvalue weighted by Crippen LogP contribution is 2.20. The summed E-state index contributed by atoms with van der Waals surface area (Å²) in [6.07, 6.45) is 4.10. The van der Waals surface area contributed by atoms with Crippen LogP contribution in [0.15, 0.2) is 11.6 Å². The molecule has 2 N–H and O–H groups in total. The van der Waals surface area contributed by atoms with E-state index in [0.29, 0.717) is 5.92 Å². The largest absolute Gasteiger partial charge is 0.339 e. The van der Waals surface area contributed by atoms with Crippen molar-refractivity contribution in [2.45, 2.75) is 39.7 Å². The Morgan fingerprint density at radius 1 is 1.60 bits per heavy atom. The smallest absolute Gasteiger partial charge is 0.249 e. The van der Waals surface area contributed by atoms with Gasteiger partial charge in [0.1, 0.15) is 0 Å². The van der Waals surface area contributed by atoms with Crippen LogP contribution in [0.5, 0.6) is 0 Å². The number of allylic oxidation sites excluding steroid dienone is 1. The number of carbonyl (C=O) groups excluding carboxylic acids is 1. The molecule has 1 aliphatic rings. The Morgan fingerprint density at radius 2 is 2.27 bits per heavy atom. The molecule has 0 aromatic carbocycles. The molecule has 1 saturated heterocycles. The quantitative estimate of drug-likeness (QED) is 0.703.